The molecule has 0 amide bonds. The van der Waals surface area contributed by atoms with E-state index in [2.05, 4.69) is 266 Å². The summed E-state index contributed by atoms with van der Waals surface area (Å²) in [6.07, 6.45) is 0. The summed E-state index contributed by atoms with van der Waals surface area (Å²) in [4.78, 5) is 4.78. The van der Waals surface area contributed by atoms with Crippen LogP contribution >= 0.6 is 0 Å². The molecule has 0 aromatic heterocycles. The molecule has 0 unspecified atom stereocenters. The van der Waals surface area contributed by atoms with Gasteiger partial charge in [-0.2, -0.15) is 0 Å². The van der Waals surface area contributed by atoms with Crippen molar-refractivity contribution in [1.29, 1.82) is 0 Å². The smallest absolute Gasteiger partial charge is 0.179 e. The normalized spacial score (nSPS) is 12.6. The van der Waals surface area contributed by atoms with E-state index in [0.717, 1.165) is 34.1 Å². The molecule has 288 valence electrons. The van der Waals surface area contributed by atoms with Crippen LogP contribution in [0.3, 0.4) is 0 Å². The van der Waals surface area contributed by atoms with Crippen LogP contribution in [-0.2, 0) is 5.41 Å². The Hall–Kier alpha value is -7.20. The number of rotatable bonds is 10. The lowest BCUT2D eigenvalue weighted by Crippen LogP contribution is -2.74. The summed E-state index contributed by atoms with van der Waals surface area (Å²) in [6.45, 7) is 4.69. The van der Waals surface area contributed by atoms with E-state index in [-0.39, 0.29) is 5.41 Å². The summed E-state index contributed by atoms with van der Waals surface area (Å²) < 4.78 is 0. The zero-order chi connectivity index (χ0) is 40.5. The molecule has 0 radical (unpaired) electrons. The van der Waals surface area contributed by atoms with Gasteiger partial charge in [0.2, 0.25) is 0 Å². The number of fused-ring (bicyclic) bond motifs is 3. The molecule has 1 aliphatic rings. The predicted octanol–water partition coefficient (Wildman–Crippen LogP) is 12.3. The quantitative estimate of drug-likeness (QED) is 0.101. The van der Waals surface area contributed by atoms with Gasteiger partial charge in [-0.1, -0.05) is 184 Å². The average Bonchev–Trinajstić information content (AvgIpc) is 3.54. The fourth-order valence-electron chi connectivity index (χ4n) is 9.59. The van der Waals surface area contributed by atoms with E-state index >= 15 is 0 Å². The SMILES string of the molecule is CC1(C)c2ccccc2-c2cc(N(c3ccccc3)c3ccc([Si](c4ccccc4)(c4ccccc4)c4cccc(N(c5ccccc5)c5ccccc5)c4)cc3)ccc21. The number of anilines is 6. The number of benzene rings is 9. The highest BCUT2D eigenvalue weighted by atomic mass is 28.3. The van der Waals surface area contributed by atoms with Crippen molar-refractivity contribution in [2.45, 2.75) is 19.3 Å². The van der Waals surface area contributed by atoms with Gasteiger partial charge in [0.1, 0.15) is 0 Å². The number of para-hydroxylation sites is 3. The van der Waals surface area contributed by atoms with E-state index in [4.69, 9.17) is 0 Å². The van der Waals surface area contributed by atoms with Crippen molar-refractivity contribution in [1.82, 2.24) is 0 Å². The van der Waals surface area contributed by atoms with E-state index in [1.165, 1.54) is 43.0 Å². The fourth-order valence-corrected chi connectivity index (χ4v) is 14.4. The first-order valence-electron chi connectivity index (χ1n) is 20.9. The summed E-state index contributed by atoms with van der Waals surface area (Å²) in [7, 11) is -2.91. The third-order valence-electron chi connectivity index (χ3n) is 12.4. The molecule has 10 rings (SSSR count). The maximum absolute atomic E-state index is 2.91. The van der Waals surface area contributed by atoms with Gasteiger partial charge in [-0.15, -0.1) is 0 Å². The molecule has 1 aliphatic carbocycles. The highest BCUT2D eigenvalue weighted by Gasteiger charge is 2.42. The van der Waals surface area contributed by atoms with Gasteiger partial charge in [-0.25, -0.2) is 0 Å². The molecule has 0 saturated heterocycles. The highest BCUT2D eigenvalue weighted by molar-refractivity contribution is 7.19. The Morgan fingerprint density at radius 2 is 0.650 bits per heavy atom. The summed E-state index contributed by atoms with van der Waals surface area (Å²) in [5.74, 6) is 0. The van der Waals surface area contributed by atoms with Gasteiger partial charge in [0.25, 0.3) is 0 Å². The van der Waals surface area contributed by atoms with Gasteiger partial charge < -0.3 is 9.80 Å². The first-order valence-corrected chi connectivity index (χ1v) is 22.9. The molecule has 0 fully saturated rings. The molecule has 0 N–H and O–H groups in total. The standard InChI is InChI=1S/C57H46N2Si/c1-57(2)55-34-19-18-33-53(55)54-42-48(37-40-56(54)57)59(45-25-12-5-13-26-45)46-35-38-51(39-36-46)60(49-28-14-6-15-29-49,50-30-16-7-17-31-50)52-32-20-27-47(41-52)58(43-21-8-3-9-22-43)44-23-10-4-11-24-44/h3-42H,1-2H3. The topological polar surface area (TPSA) is 6.48 Å². The molecule has 2 nitrogen and oxygen atoms in total. The van der Waals surface area contributed by atoms with Crippen molar-refractivity contribution in [2.75, 3.05) is 9.80 Å². The number of hydrogen-bond donors (Lipinski definition) is 0. The average molecular weight is 787 g/mol. The van der Waals surface area contributed by atoms with Gasteiger partial charge in [0.15, 0.2) is 8.07 Å². The lowest BCUT2D eigenvalue weighted by atomic mass is 9.82. The zero-order valence-corrected chi connectivity index (χ0v) is 35.0. The maximum Gasteiger partial charge on any atom is 0.179 e. The van der Waals surface area contributed by atoms with Crippen molar-refractivity contribution in [3.8, 4) is 11.1 Å². The predicted molar refractivity (Wildman–Crippen MR) is 257 cm³/mol. The van der Waals surface area contributed by atoms with E-state index in [1.54, 1.807) is 0 Å². The maximum atomic E-state index is 2.44. The molecular weight excluding hydrogens is 741 g/mol. The van der Waals surface area contributed by atoms with E-state index in [9.17, 15) is 0 Å². The van der Waals surface area contributed by atoms with Crippen molar-refractivity contribution >= 4 is 62.9 Å². The Morgan fingerprint density at radius 3 is 1.18 bits per heavy atom. The van der Waals surface area contributed by atoms with Crippen LogP contribution < -0.4 is 30.5 Å². The third kappa shape index (κ3) is 6.35. The minimum atomic E-state index is -2.91. The van der Waals surface area contributed by atoms with Crippen LogP contribution in [0.1, 0.15) is 25.0 Å². The van der Waals surface area contributed by atoms with E-state index < -0.39 is 8.07 Å². The Kier molecular flexibility index (Phi) is 9.59. The Bertz CT molecular complexity index is 2800. The van der Waals surface area contributed by atoms with Crippen LogP contribution in [0.4, 0.5) is 34.1 Å². The van der Waals surface area contributed by atoms with Gasteiger partial charge in [0, 0.05) is 39.5 Å². The first kappa shape index (κ1) is 37.1. The number of nitrogens with zero attached hydrogens (tertiary/aromatic N) is 2. The largest absolute Gasteiger partial charge is 0.311 e. The highest BCUT2D eigenvalue weighted by Crippen LogP contribution is 2.50. The van der Waals surface area contributed by atoms with Gasteiger partial charge in [-0.05, 0) is 116 Å². The lowest BCUT2D eigenvalue weighted by Gasteiger charge is -2.36. The van der Waals surface area contributed by atoms with E-state index in [0.29, 0.717) is 0 Å². The summed E-state index contributed by atoms with van der Waals surface area (Å²) in [5.41, 5.74) is 12.1. The number of hydrogen-bond acceptors (Lipinski definition) is 2. The molecule has 60 heavy (non-hydrogen) atoms. The summed E-state index contributed by atoms with van der Waals surface area (Å²) in [5, 5.41) is 5.32. The van der Waals surface area contributed by atoms with Crippen LogP contribution in [0.2, 0.25) is 0 Å². The third-order valence-corrected chi connectivity index (χ3v) is 17.2. The van der Waals surface area contributed by atoms with E-state index in [1.807, 2.05) is 0 Å². The molecular formula is C57H46N2Si. The molecule has 0 heterocycles. The molecule has 0 spiro atoms. The molecule has 0 bridgehead atoms. The molecule has 9 aromatic carbocycles. The lowest BCUT2D eigenvalue weighted by molar-refractivity contribution is 0.660. The summed E-state index contributed by atoms with van der Waals surface area (Å²) >= 11 is 0. The molecule has 0 atom stereocenters. The van der Waals surface area contributed by atoms with Crippen LogP contribution in [0.25, 0.3) is 11.1 Å². The molecule has 9 aromatic rings. The second-order valence-electron chi connectivity index (χ2n) is 16.2. The second-order valence-corrected chi connectivity index (χ2v) is 20.0. The van der Waals surface area contributed by atoms with Crippen LogP contribution in [0.5, 0.6) is 0 Å². The van der Waals surface area contributed by atoms with Crippen LogP contribution in [0, 0.1) is 0 Å². The summed E-state index contributed by atoms with van der Waals surface area (Å²) in [6, 6.07) is 89.3. The van der Waals surface area contributed by atoms with Crippen molar-refractivity contribution in [3.63, 3.8) is 0 Å². The van der Waals surface area contributed by atoms with Crippen molar-refractivity contribution < 1.29 is 0 Å². The Balaban J connectivity index is 1.16. The van der Waals surface area contributed by atoms with Crippen molar-refractivity contribution in [2.24, 2.45) is 0 Å². The Labute approximate surface area is 355 Å². The second kappa shape index (κ2) is 15.5. The minimum Gasteiger partial charge on any atom is -0.311 e. The molecule has 3 heteroatoms. The molecule has 0 saturated carbocycles. The molecule has 0 aliphatic heterocycles. The van der Waals surface area contributed by atoms with Gasteiger partial charge in [0.05, 0.1) is 0 Å². The van der Waals surface area contributed by atoms with Crippen molar-refractivity contribution in [3.05, 3.63) is 254 Å². The zero-order valence-electron chi connectivity index (χ0n) is 34.0. The monoisotopic (exact) mass is 786 g/mol. The van der Waals surface area contributed by atoms with Crippen LogP contribution in [0.15, 0.2) is 243 Å². The van der Waals surface area contributed by atoms with Gasteiger partial charge in [-0.3, -0.25) is 0 Å². The Morgan fingerprint density at radius 1 is 0.283 bits per heavy atom. The minimum absolute atomic E-state index is 0.0525. The van der Waals surface area contributed by atoms with Crippen LogP contribution in [-0.4, -0.2) is 8.07 Å². The first-order chi connectivity index (χ1) is 29.5. The van der Waals surface area contributed by atoms with Gasteiger partial charge >= 0.3 is 0 Å². The fraction of sp³-hybridized carbons (Fsp3) is 0.0526.